The van der Waals surface area contributed by atoms with Crippen LogP contribution in [-0.4, -0.2) is 35.5 Å². The molecule has 2 bridgehead atoms. The van der Waals surface area contributed by atoms with Gasteiger partial charge in [-0.25, -0.2) is 9.18 Å². The van der Waals surface area contributed by atoms with Crippen LogP contribution in [0.5, 0.6) is 5.75 Å². The second kappa shape index (κ2) is 9.63. The van der Waals surface area contributed by atoms with E-state index in [4.69, 9.17) is 4.74 Å². The zero-order chi connectivity index (χ0) is 22.7. The van der Waals surface area contributed by atoms with Gasteiger partial charge in [-0.1, -0.05) is 36.4 Å². The van der Waals surface area contributed by atoms with Gasteiger partial charge in [-0.3, -0.25) is 4.79 Å². The molecular formula is C24H24F3NO4. The highest BCUT2D eigenvalue weighted by Gasteiger charge is 2.44. The van der Waals surface area contributed by atoms with E-state index >= 15 is 0 Å². The van der Waals surface area contributed by atoms with Gasteiger partial charge in [-0.05, 0) is 49.8 Å². The second-order valence-corrected chi connectivity index (χ2v) is 8.21. The molecule has 2 aliphatic heterocycles. The number of hydrogen-bond donors (Lipinski definition) is 0. The van der Waals surface area contributed by atoms with Gasteiger partial charge in [0.05, 0.1) is 5.56 Å². The van der Waals surface area contributed by atoms with Crippen LogP contribution in [0.1, 0.15) is 48.0 Å². The van der Waals surface area contributed by atoms with Crippen LogP contribution in [0.4, 0.5) is 18.0 Å². The van der Waals surface area contributed by atoms with E-state index in [9.17, 15) is 22.8 Å². The van der Waals surface area contributed by atoms with Crippen molar-refractivity contribution in [2.24, 2.45) is 5.92 Å². The molecule has 2 heterocycles. The molecule has 8 heteroatoms. The number of nitrogens with zero attached hydrogens (tertiary/aromatic N) is 1. The molecule has 5 nitrogen and oxygen atoms in total. The Bertz CT molecular complexity index is 955. The lowest BCUT2D eigenvalue weighted by Crippen LogP contribution is -2.55. The van der Waals surface area contributed by atoms with E-state index in [0.717, 1.165) is 18.1 Å². The SMILES string of the molecule is O=C(c1c(F)cccc1OC(F)F)C1CC2CCCC(C1)N2C(=O)OCc1ccccc1. The fourth-order valence-electron chi connectivity index (χ4n) is 4.83. The lowest BCUT2D eigenvalue weighted by Gasteiger charge is -2.47. The molecule has 0 radical (unpaired) electrons. The number of ketones is 1. The number of fused-ring (bicyclic) bond motifs is 2. The van der Waals surface area contributed by atoms with Crippen molar-refractivity contribution in [1.82, 2.24) is 4.90 Å². The van der Waals surface area contributed by atoms with Gasteiger partial charge in [0.15, 0.2) is 5.78 Å². The van der Waals surface area contributed by atoms with E-state index in [1.807, 2.05) is 30.3 Å². The van der Waals surface area contributed by atoms with E-state index in [1.54, 1.807) is 4.90 Å². The summed E-state index contributed by atoms with van der Waals surface area (Å²) in [5, 5.41) is 0. The number of piperidine rings is 2. The van der Waals surface area contributed by atoms with Crippen molar-refractivity contribution in [1.29, 1.82) is 0 Å². The molecule has 0 saturated carbocycles. The smallest absolute Gasteiger partial charge is 0.410 e. The van der Waals surface area contributed by atoms with Gasteiger partial charge < -0.3 is 14.4 Å². The van der Waals surface area contributed by atoms with Crippen molar-refractivity contribution in [2.75, 3.05) is 0 Å². The zero-order valence-electron chi connectivity index (χ0n) is 17.4. The Morgan fingerprint density at radius 2 is 1.69 bits per heavy atom. The summed E-state index contributed by atoms with van der Waals surface area (Å²) < 4.78 is 49.8. The fourth-order valence-corrected chi connectivity index (χ4v) is 4.83. The molecule has 0 N–H and O–H groups in total. The van der Waals surface area contributed by atoms with Gasteiger partial charge in [0.1, 0.15) is 18.2 Å². The maximum Gasteiger partial charge on any atom is 0.410 e. The number of ether oxygens (including phenoxy) is 2. The third-order valence-corrected chi connectivity index (χ3v) is 6.20. The van der Waals surface area contributed by atoms with Gasteiger partial charge >= 0.3 is 12.7 Å². The summed E-state index contributed by atoms with van der Waals surface area (Å²) in [4.78, 5) is 27.7. The topological polar surface area (TPSA) is 55.8 Å². The number of halogens is 3. The van der Waals surface area contributed by atoms with Crippen LogP contribution >= 0.6 is 0 Å². The highest BCUT2D eigenvalue weighted by molar-refractivity contribution is 6.00. The molecule has 2 saturated heterocycles. The largest absolute Gasteiger partial charge is 0.445 e. The third-order valence-electron chi connectivity index (χ3n) is 6.20. The minimum Gasteiger partial charge on any atom is -0.445 e. The number of rotatable bonds is 6. The Morgan fingerprint density at radius 3 is 2.34 bits per heavy atom. The molecule has 2 aromatic carbocycles. The summed E-state index contributed by atoms with van der Waals surface area (Å²) >= 11 is 0. The molecule has 0 aromatic heterocycles. The standard InChI is InChI=1S/C24H24F3NO4/c25-19-10-5-11-20(32-23(26)27)21(19)22(29)16-12-17-8-4-9-18(13-16)28(17)24(30)31-14-15-6-2-1-3-7-15/h1-3,5-7,10-11,16-18,23H,4,8-9,12-14H2. The van der Waals surface area contributed by atoms with Crippen molar-refractivity contribution in [3.05, 3.63) is 65.5 Å². The summed E-state index contributed by atoms with van der Waals surface area (Å²) in [5.74, 6) is -2.49. The van der Waals surface area contributed by atoms with Crippen LogP contribution in [0.15, 0.2) is 48.5 Å². The summed E-state index contributed by atoms with van der Waals surface area (Å²) in [6.07, 6.45) is 2.56. The molecule has 1 amide bonds. The first-order valence-corrected chi connectivity index (χ1v) is 10.7. The molecule has 2 aromatic rings. The first-order chi connectivity index (χ1) is 15.4. The fraction of sp³-hybridized carbons (Fsp3) is 0.417. The highest BCUT2D eigenvalue weighted by Crippen LogP contribution is 2.40. The predicted octanol–water partition coefficient (Wildman–Crippen LogP) is 5.58. The molecule has 32 heavy (non-hydrogen) atoms. The quantitative estimate of drug-likeness (QED) is 0.543. The average molecular weight is 447 g/mol. The number of carbonyl (C=O) groups is 2. The molecule has 2 unspecified atom stereocenters. The Labute approximate surface area is 184 Å². The van der Waals surface area contributed by atoms with Crippen LogP contribution in [0.2, 0.25) is 0 Å². The Balaban J connectivity index is 1.48. The lowest BCUT2D eigenvalue weighted by molar-refractivity contribution is -0.0505. The van der Waals surface area contributed by atoms with E-state index in [-0.39, 0.29) is 18.7 Å². The van der Waals surface area contributed by atoms with Crippen LogP contribution in [0.3, 0.4) is 0 Å². The molecular weight excluding hydrogens is 423 g/mol. The van der Waals surface area contributed by atoms with E-state index in [0.29, 0.717) is 25.7 Å². The number of Topliss-reactive ketones (excluding diaryl/α,β-unsaturated/α-hetero) is 1. The summed E-state index contributed by atoms with van der Waals surface area (Å²) in [6, 6.07) is 12.4. The number of carbonyl (C=O) groups excluding carboxylic acids is 2. The van der Waals surface area contributed by atoms with E-state index in [2.05, 4.69) is 4.74 Å². The Hall–Kier alpha value is -3.03. The normalized spacial score (nSPS) is 22.5. The zero-order valence-corrected chi connectivity index (χ0v) is 17.4. The molecule has 2 atom stereocenters. The number of alkyl halides is 2. The van der Waals surface area contributed by atoms with Gasteiger partial charge in [0, 0.05) is 18.0 Å². The van der Waals surface area contributed by atoms with Crippen LogP contribution in [-0.2, 0) is 11.3 Å². The minimum atomic E-state index is -3.16. The number of amides is 1. The minimum absolute atomic E-state index is 0.154. The molecule has 4 rings (SSSR count). The van der Waals surface area contributed by atoms with Crippen molar-refractivity contribution >= 4 is 11.9 Å². The second-order valence-electron chi connectivity index (χ2n) is 8.21. The van der Waals surface area contributed by atoms with Crippen LogP contribution in [0.25, 0.3) is 0 Å². The monoisotopic (exact) mass is 447 g/mol. The number of hydrogen-bond acceptors (Lipinski definition) is 4. The first-order valence-electron chi connectivity index (χ1n) is 10.7. The highest BCUT2D eigenvalue weighted by atomic mass is 19.3. The van der Waals surface area contributed by atoms with E-state index < -0.39 is 41.5 Å². The average Bonchev–Trinajstić information content (AvgIpc) is 2.76. The predicted molar refractivity (Wildman–Crippen MR) is 110 cm³/mol. The Morgan fingerprint density at radius 1 is 1.00 bits per heavy atom. The summed E-state index contributed by atoms with van der Waals surface area (Å²) in [7, 11) is 0. The maximum atomic E-state index is 14.4. The van der Waals surface area contributed by atoms with Crippen LogP contribution in [0, 0.1) is 11.7 Å². The third kappa shape index (κ3) is 4.74. The van der Waals surface area contributed by atoms with Gasteiger partial charge in [0.2, 0.25) is 0 Å². The summed E-state index contributed by atoms with van der Waals surface area (Å²) in [5.41, 5.74) is 0.429. The van der Waals surface area contributed by atoms with Crippen LogP contribution < -0.4 is 4.74 Å². The van der Waals surface area contributed by atoms with Crippen molar-refractivity contribution in [3.63, 3.8) is 0 Å². The van der Waals surface area contributed by atoms with Gasteiger partial charge in [-0.2, -0.15) is 8.78 Å². The first kappa shape index (κ1) is 22.2. The van der Waals surface area contributed by atoms with E-state index in [1.165, 1.54) is 12.1 Å². The number of benzene rings is 2. The summed E-state index contributed by atoms with van der Waals surface area (Å²) in [6.45, 7) is -3.01. The molecule has 2 aliphatic rings. The molecule has 2 fully saturated rings. The molecule has 0 spiro atoms. The molecule has 0 aliphatic carbocycles. The van der Waals surface area contributed by atoms with Crippen molar-refractivity contribution in [3.8, 4) is 5.75 Å². The molecule has 170 valence electrons. The lowest BCUT2D eigenvalue weighted by atomic mass is 9.75. The van der Waals surface area contributed by atoms with Crippen molar-refractivity contribution < 1.29 is 32.2 Å². The Kier molecular flexibility index (Phi) is 6.67. The van der Waals surface area contributed by atoms with Gasteiger partial charge in [0.25, 0.3) is 0 Å². The van der Waals surface area contributed by atoms with Crippen molar-refractivity contribution in [2.45, 2.75) is 57.4 Å². The van der Waals surface area contributed by atoms with Gasteiger partial charge in [-0.15, -0.1) is 0 Å². The maximum absolute atomic E-state index is 14.4.